The lowest BCUT2D eigenvalue weighted by atomic mass is 10.1. The van der Waals surface area contributed by atoms with E-state index in [1.807, 2.05) is 0 Å². The van der Waals surface area contributed by atoms with Crippen LogP contribution in [-0.4, -0.2) is 42.7 Å². The molecule has 3 heterocycles. The third-order valence-corrected chi connectivity index (χ3v) is 3.96. The zero-order valence-electron chi connectivity index (χ0n) is 11.2. The minimum Gasteiger partial charge on any atom is -0.359 e. The Kier molecular flexibility index (Phi) is 2.86. The van der Waals surface area contributed by atoms with Gasteiger partial charge in [0.1, 0.15) is 5.82 Å². The van der Waals surface area contributed by atoms with E-state index in [-0.39, 0.29) is 6.04 Å². The Morgan fingerprint density at radius 2 is 2.17 bits per heavy atom. The van der Waals surface area contributed by atoms with Gasteiger partial charge in [-0.2, -0.15) is 4.98 Å². The zero-order valence-corrected chi connectivity index (χ0v) is 11.2. The van der Waals surface area contributed by atoms with E-state index >= 15 is 0 Å². The molecule has 5 heteroatoms. The van der Waals surface area contributed by atoms with Crippen molar-refractivity contribution in [2.75, 3.05) is 36.5 Å². The van der Waals surface area contributed by atoms with Crippen molar-refractivity contribution in [2.45, 2.75) is 32.2 Å². The summed E-state index contributed by atoms with van der Waals surface area (Å²) < 4.78 is 0. The van der Waals surface area contributed by atoms with Gasteiger partial charge in [-0.25, -0.2) is 4.98 Å². The van der Waals surface area contributed by atoms with E-state index in [1.165, 1.54) is 11.3 Å². The van der Waals surface area contributed by atoms with Gasteiger partial charge in [-0.05, 0) is 19.3 Å². The molecule has 0 bridgehead atoms. The van der Waals surface area contributed by atoms with Crippen molar-refractivity contribution in [2.24, 2.45) is 5.73 Å². The normalized spacial score (nSPS) is 22.7. The van der Waals surface area contributed by atoms with E-state index in [0.717, 1.165) is 50.7 Å². The first-order chi connectivity index (χ1) is 8.69. The third kappa shape index (κ3) is 1.82. The number of nitrogens with zero attached hydrogens (tertiary/aromatic N) is 4. The Morgan fingerprint density at radius 3 is 2.83 bits per heavy atom. The quantitative estimate of drug-likeness (QED) is 0.828. The molecule has 3 rings (SSSR count). The van der Waals surface area contributed by atoms with Gasteiger partial charge in [0.25, 0.3) is 0 Å². The van der Waals surface area contributed by atoms with Gasteiger partial charge in [-0.1, -0.05) is 6.92 Å². The summed E-state index contributed by atoms with van der Waals surface area (Å²) in [5.74, 6) is 1.99. The number of aryl methyl sites for hydroxylation is 1. The van der Waals surface area contributed by atoms with E-state index in [9.17, 15) is 0 Å². The number of likely N-dealkylation sites (N-methyl/N-ethyl adjacent to an activating group) is 1. The molecule has 2 aliphatic rings. The molecule has 2 aliphatic heterocycles. The number of nitrogens with two attached hydrogens (primary N) is 1. The molecule has 0 aliphatic carbocycles. The summed E-state index contributed by atoms with van der Waals surface area (Å²) in [6.45, 7) is 5.08. The number of fused-ring (bicyclic) bond motifs is 1. The molecule has 0 aromatic carbocycles. The van der Waals surface area contributed by atoms with Crippen molar-refractivity contribution >= 4 is 11.8 Å². The Morgan fingerprint density at radius 1 is 1.33 bits per heavy atom. The summed E-state index contributed by atoms with van der Waals surface area (Å²) in [4.78, 5) is 13.9. The molecule has 1 unspecified atom stereocenters. The number of rotatable bonds is 2. The molecule has 0 saturated carbocycles. The van der Waals surface area contributed by atoms with Crippen LogP contribution < -0.4 is 15.5 Å². The van der Waals surface area contributed by atoms with Crippen LogP contribution in [0.4, 0.5) is 11.8 Å². The first-order valence-electron chi connectivity index (χ1n) is 6.80. The van der Waals surface area contributed by atoms with Crippen LogP contribution in [0.5, 0.6) is 0 Å². The molecule has 1 saturated heterocycles. The van der Waals surface area contributed by atoms with Crippen LogP contribution in [0.1, 0.15) is 24.6 Å². The minimum atomic E-state index is 0.268. The highest BCUT2D eigenvalue weighted by Crippen LogP contribution is 2.30. The van der Waals surface area contributed by atoms with Crippen LogP contribution in [0.3, 0.4) is 0 Å². The molecule has 1 aromatic heterocycles. The highest BCUT2D eigenvalue weighted by atomic mass is 15.3. The summed E-state index contributed by atoms with van der Waals surface area (Å²) in [5, 5.41) is 0. The molecule has 0 spiro atoms. The maximum absolute atomic E-state index is 5.97. The number of anilines is 2. The maximum Gasteiger partial charge on any atom is 0.227 e. The smallest absolute Gasteiger partial charge is 0.227 e. The Balaban J connectivity index is 1.99. The fourth-order valence-electron chi connectivity index (χ4n) is 2.86. The van der Waals surface area contributed by atoms with Gasteiger partial charge in [-0.3, -0.25) is 0 Å². The van der Waals surface area contributed by atoms with Gasteiger partial charge in [0.15, 0.2) is 0 Å². The average Bonchev–Trinajstić information content (AvgIpc) is 2.96. The van der Waals surface area contributed by atoms with E-state index in [2.05, 4.69) is 23.8 Å². The lowest BCUT2D eigenvalue weighted by molar-refractivity contribution is 0.749. The topological polar surface area (TPSA) is 58.3 Å². The van der Waals surface area contributed by atoms with Crippen LogP contribution in [-0.2, 0) is 12.8 Å². The summed E-state index contributed by atoms with van der Waals surface area (Å²) in [6, 6.07) is 0.268. The van der Waals surface area contributed by atoms with Crippen molar-refractivity contribution in [1.29, 1.82) is 0 Å². The summed E-state index contributed by atoms with van der Waals surface area (Å²) in [7, 11) is 2.11. The van der Waals surface area contributed by atoms with E-state index < -0.39 is 0 Å². The van der Waals surface area contributed by atoms with Gasteiger partial charge < -0.3 is 15.5 Å². The zero-order chi connectivity index (χ0) is 12.7. The van der Waals surface area contributed by atoms with Crippen molar-refractivity contribution in [3.63, 3.8) is 0 Å². The first kappa shape index (κ1) is 11.7. The first-order valence-corrected chi connectivity index (χ1v) is 6.80. The second-order valence-corrected chi connectivity index (χ2v) is 5.29. The highest BCUT2D eigenvalue weighted by molar-refractivity contribution is 5.57. The van der Waals surface area contributed by atoms with Crippen LogP contribution in [0.15, 0.2) is 0 Å². The van der Waals surface area contributed by atoms with Gasteiger partial charge in [0, 0.05) is 38.3 Å². The molecular weight excluding hydrogens is 226 g/mol. The minimum absolute atomic E-state index is 0.268. The van der Waals surface area contributed by atoms with Crippen molar-refractivity contribution in [3.05, 3.63) is 11.3 Å². The Bertz CT molecular complexity index is 459. The largest absolute Gasteiger partial charge is 0.359 e. The van der Waals surface area contributed by atoms with Gasteiger partial charge >= 0.3 is 0 Å². The van der Waals surface area contributed by atoms with Gasteiger partial charge in [0.2, 0.25) is 5.95 Å². The van der Waals surface area contributed by atoms with Gasteiger partial charge in [0.05, 0.1) is 5.69 Å². The third-order valence-electron chi connectivity index (χ3n) is 3.96. The summed E-state index contributed by atoms with van der Waals surface area (Å²) >= 11 is 0. The molecule has 0 radical (unpaired) electrons. The van der Waals surface area contributed by atoms with E-state index in [4.69, 9.17) is 15.7 Å². The molecule has 98 valence electrons. The molecule has 18 heavy (non-hydrogen) atoms. The van der Waals surface area contributed by atoms with Crippen LogP contribution in [0, 0.1) is 0 Å². The van der Waals surface area contributed by atoms with Gasteiger partial charge in [-0.15, -0.1) is 0 Å². The number of hydrogen-bond acceptors (Lipinski definition) is 5. The van der Waals surface area contributed by atoms with E-state index in [1.54, 1.807) is 0 Å². The maximum atomic E-state index is 5.97. The summed E-state index contributed by atoms with van der Waals surface area (Å²) in [5.41, 5.74) is 8.51. The van der Waals surface area contributed by atoms with Crippen LogP contribution >= 0.6 is 0 Å². The Hall–Kier alpha value is -1.36. The van der Waals surface area contributed by atoms with Crippen LogP contribution in [0.25, 0.3) is 0 Å². The molecule has 2 N–H and O–H groups in total. The number of hydrogen-bond donors (Lipinski definition) is 1. The number of aromatic nitrogens is 2. The summed E-state index contributed by atoms with van der Waals surface area (Å²) in [6.07, 6.45) is 3.10. The van der Waals surface area contributed by atoms with Crippen molar-refractivity contribution in [1.82, 2.24) is 9.97 Å². The fourth-order valence-corrected chi connectivity index (χ4v) is 2.86. The lowest BCUT2D eigenvalue weighted by Crippen LogP contribution is -2.28. The predicted octanol–water partition coefficient (Wildman–Crippen LogP) is 0.569. The standard InChI is InChI=1S/C13H21N5/c1-3-11-10-5-6-17(2)12(10)16-13(15-11)18-7-4-9(14)8-18/h9H,3-8,14H2,1-2H3. The Labute approximate surface area is 108 Å². The molecular formula is C13H21N5. The van der Waals surface area contributed by atoms with Crippen molar-refractivity contribution in [3.8, 4) is 0 Å². The predicted molar refractivity (Wildman–Crippen MR) is 73.2 cm³/mol. The monoisotopic (exact) mass is 247 g/mol. The van der Waals surface area contributed by atoms with E-state index in [0.29, 0.717) is 0 Å². The molecule has 1 atom stereocenters. The average molecular weight is 247 g/mol. The lowest BCUT2D eigenvalue weighted by Gasteiger charge is -2.19. The molecule has 1 aromatic rings. The SMILES string of the molecule is CCc1nc(N2CCC(N)C2)nc2c1CCN2C. The molecule has 0 amide bonds. The fraction of sp³-hybridized carbons (Fsp3) is 0.692. The molecule has 1 fully saturated rings. The highest BCUT2D eigenvalue weighted by Gasteiger charge is 2.26. The van der Waals surface area contributed by atoms with Crippen molar-refractivity contribution < 1.29 is 0 Å². The second-order valence-electron chi connectivity index (χ2n) is 5.29. The van der Waals surface area contributed by atoms with Crippen LogP contribution in [0.2, 0.25) is 0 Å². The molecule has 5 nitrogen and oxygen atoms in total. The second kappa shape index (κ2) is 4.39.